The molecule has 4 aromatic rings. The van der Waals surface area contributed by atoms with E-state index in [1.165, 1.54) is 10.6 Å². The van der Waals surface area contributed by atoms with Gasteiger partial charge < -0.3 is 9.47 Å². The van der Waals surface area contributed by atoms with E-state index in [9.17, 15) is 0 Å². The van der Waals surface area contributed by atoms with Gasteiger partial charge in [-0.25, -0.2) is 0 Å². The predicted octanol–water partition coefficient (Wildman–Crippen LogP) is 4.08. The molecule has 0 aliphatic heterocycles. The van der Waals surface area contributed by atoms with E-state index >= 15 is 0 Å². The van der Waals surface area contributed by atoms with Crippen molar-refractivity contribution in [1.29, 1.82) is 0 Å². The number of nitrogens with zero attached hydrogens (tertiary/aromatic N) is 2. The average molecular weight is 489 g/mol. The minimum Gasteiger partial charge on any atom is -0.379 e. The maximum absolute atomic E-state index is 5.94. The Balaban J connectivity index is 1.21. The van der Waals surface area contributed by atoms with E-state index < -0.39 is 15.8 Å². The Bertz CT molecular complexity index is 903. The van der Waals surface area contributed by atoms with Gasteiger partial charge in [-0.05, 0) is 50.7 Å². The van der Waals surface area contributed by atoms with Crippen molar-refractivity contribution in [3.8, 4) is 0 Å². The maximum atomic E-state index is 5.94. The number of pyridine rings is 2. The van der Waals surface area contributed by atoms with Crippen molar-refractivity contribution in [3.05, 3.63) is 109 Å². The van der Waals surface area contributed by atoms with Crippen LogP contribution in [0.5, 0.6) is 0 Å². The summed E-state index contributed by atoms with van der Waals surface area (Å²) in [5.74, 6) is 0. The zero-order valence-corrected chi connectivity index (χ0v) is 21.0. The first-order valence-electron chi connectivity index (χ1n) is 11.5. The highest BCUT2D eigenvalue weighted by Gasteiger charge is 2.15. The topological polar surface area (TPSA) is 44.2 Å². The predicted molar refractivity (Wildman–Crippen MR) is 145 cm³/mol. The van der Waals surface area contributed by atoms with E-state index in [0.29, 0.717) is 26.4 Å². The molecule has 2 unspecified atom stereocenters. The third-order valence-corrected chi connectivity index (χ3v) is 10.0. The number of aromatic nitrogens is 2. The van der Waals surface area contributed by atoms with Crippen LogP contribution in [0, 0.1) is 0 Å². The van der Waals surface area contributed by atoms with Gasteiger partial charge in [-0.1, -0.05) is 72.8 Å². The Labute approximate surface area is 204 Å². The van der Waals surface area contributed by atoms with Gasteiger partial charge >= 0.3 is 0 Å². The maximum Gasteiger partial charge on any atom is 0.0700 e. The Morgan fingerprint density at radius 3 is 1.26 bits per heavy atom. The Hall–Kier alpha value is -2.48. The van der Waals surface area contributed by atoms with Gasteiger partial charge in [0.15, 0.2) is 0 Å². The first kappa shape index (κ1) is 24.6. The van der Waals surface area contributed by atoms with Crippen LogP contribution >= 0.6 is 15.8 Å². The highest BCUT2D eigenvalue weighted by Crippen LogP contribution is 2.32. The van der Waals surface area contributed by atoms with Gasteiger partial charge in [0, 0.05) is 24.7 Å². The van der Waals surface area contributed by atoms with Crippen LogP contribution in [-0.2, 0) is 9.47 Å². The summed E-state index contributed by atoms with van der Waals surface area (Å²) in [6.07, 6.45) is 5.65. The third kappa shape index (κ3) is 7.52. The van der Waals surface area contributed by atoms with Gasteiger partial charge in [0.05, 0.1) is 37.3 Å². The van der Waals surface area contributed by atoms with Crippen LogP contribution in [0.15, 0.2) is 109 Å². The van der Waals surface area contributed by atoms with E-state index in [1.807, 2.05) is 24.5 Å². The Morgan fingerprint density at radius 1 is 0.471 bits per heavy atom. The fourth-order valence-electron chi connectivity index (χ4n) is 3.63. The third-order valence-electron chi connectivity index (χ3n) is 5.28. The van der Waals surface area contributed by atoms with Gasteiger partial charge in [-0.2, -0.15) is 0 Å². The number of hydrogen-bond acceptors (Lipinski definition) is 4. The summed E-state index contributed by atoms with van der Waals surface area (Å²) < 4.78 is 11.9. The molecule has 0 aliphatic rings. The summed E-state index contributed by atoms with van der Waals surface area (Å²) in [6, 6.07) is 33.5. The fraction of sp³-hybridized carbons (Fsp3) is 0.214. The van der Waals surface area contributed by atoms with Crippen molar-refractivity contribution >= 4 is 37.3 Å². The molecule has 34 heavy (non-hydrogen) atoms. The lowest BCUT2D eigenvalue weighted by molar-refractivity contribution is 0.0601. The summed E-state index contributed by atoms with van der Waals surface area (Å²) in [5.41, 5.74) is 2.29. The molecular formula is C28H30N2O2P2. The molecule has 0 bridgehead atoms. The van der Waals surface area contributed by atoms with Gasteiger partial charge in [0.1, 0.15) is 0 Å². The van der Waals surface area contributed by atoms with Crippen LogP contribution in [0.4, 0.5) is 0 Å². The molecular weight excluding hydrogens is 458 g/mol. The SMILES string of the molecule is c1ccc(P(CCOCCOCCP(c2ccccc2)c2ccccn2)c2ccccn2)cc1. The smallest absolute Gasteiger partial charge is 0.0700 e. The second-order valence-corrected chi connectivity index (χ2v) is 12.1. The molecule has 174 valence electrons. The molecule has 0 aliphatic carbocycles. The molecule has 2 aromatic carbocycles. The van der Waals surface area contributed by atoms with E-state index in [2.05, 4.69) is 94.9 Å². The van der Waals surface area contributed by atoms with Crippen LogP contribution in [0.25, 0.3) is 0 Å². The molecule has 0 amide bonds. The van der Waals surface area contributed by atoms with Crippen LogP contribution in [0.1, 0.15) is 0 Å². The van der Waals surface area contributed by atoms with Crippen LogP contribution in [0.3, 0.4) is 0 Å². The quantitative estimate of drug-likeness (QED) is 0.210. The Morgan fingerprint density at radius 2 is 0.882 bits per heavy atom. The van der Waals surface area contributed by atoms with Crippen molar-refractivity contribution in [2.75, 3.05) is 38.8 Å². The Kier molecular flexibility index (Phi) is 10.2. The van der Waals surface area contributed by atoms with Gasteiger partial charge in [0.2, 0.25) is 0 Å². The number of rotatable bonds is 13. The lowest BCUT2D eigenvalue weighted by atomic mass is 10.4. The second kappa shape index (κ2) is 14.0. The number of benzene rings is 2. The average Bonchev–Trinajstić information content (AvgIpc) is 2.92. The molecule has 0 spiro atoms. The first-order valence-corrected chi connectivity index (χ1v) is 14.6. The molecule has 0 fully saturated rings. The van der Waals surface area contributed by atoms with Crippen LogP contribution in [0.2, 0.25) is 0 Å². The molecule has 4 nitrogen and oxygen atoms in total. The van der Waals surface area contributed by atoms with Gasteiger partial charge in [0.25, 0.3) is 0 Å². The van der Waals surface area contributed by atoms with Crippen molar-refractivity contribution in [2.24, 2.45) is 0 Å². The lowest BCUT2D eigenvalue weighted by Gasteiger charge is -2.18. The van der Waals surface area contributed by atoms with Crippen molar-refractivity contribution in [2.45, 2.75) is 0 Å². The molecule has 2 atom stereocenters. The van der Waals surface area contributed by atoms with E-state index in [0.717, 1.165) is 23.2 Å². The molecule has 4 rings (SSSR count). The lowest BCUT2D eigenvalue weighted by Crippen LogP contribution is -2.20. The monoisotopic (exact) mass is 488 g/mol. The number of ether oxygens (including phenoxy) is 2. The summed E-state index contributed by atoms with van der Waals surface area (Å²) in [5, 5.41) is 2.67. The van der Waals surface area contributed by atoms with Gasteiger partial charge in [-0.3, -0.25) is 9.97 Å². The zero-order chi connectivity index (χ0) is 23.3. The summed E-state index contributed by atoms with van der Waals surface area (Å²) in [7, 11) is -1.04. The molecule has 0 saturated heterocycles. The van der Waals surface area contributed by atoms with Crippen LogP contribution < -0.4 is 21.5 Å². The zero-order valence-electron chi connectivity index (χ0n) is 19.2. The molecule has 0 N–H and O–H groups in total. The van der Waals surface area contributed by atoms with Gasteiger partial charge in [-0.15, -0.1) is 0 Å². The highest BCUT2D eigenvalue weighted by atomic mass is 31.1. The normalized spacial score (nSPS) is 12.8. The minimum atomic E-state index is -0.520. The van der Waals surface area contributed by atoms with E-state index in [-0.39, 0.29) is 0 Å². The second-order valence-electron chi connectivity index (χ2n) is 7.57. The van der Waals surface area contributed by atoms with Crippen molar-refractivity contribution < 1.29 is 9.47 Å². The molecule has 2 heterocycles. The van der Waals surface area contributed by atoms with E-state index in [4.69, 9.17) is 9.47 Å². The standard InChI is InChI=1S/C28H30N2O2P2/c1-3-11-25(12-4-1)33(27-15-7-9-17-29-27)23-21-31-19-20-32-22-24-34(26-13-5-2-6-14-26)28-16-8-10-18-30-28/h1-18H,19-24H2. The molecule has 2 aromatic heterocycles. The fourth-order valence-corrected chi connectivity index (χ4v) is 7.76. The highest BCUT2D eigenvalue weighted by molar-refractivity contribution is 7.73. The summed E-state index contributed by atoms with van der Waals surface area (Å²) in [6.45, 7) is 2.61. The summed E-state index contributed by atoms with van der Waals surface area (Å²) >= 11 is 0. The molecule has 6 heteroatoms. The van der Waals surface area contributed by atoms with Crippen LogP contribution in [-0.4, -0.2) is 48.7 Å². The van der Waals surface area contributed by atoms with Crippen molar-refractivity contribution in [3.63, 3.8) is 0 Å². The van der Waals surface area contributed by atoms with Crippen molar-refractivity contribution in [1.82, 2.24) is 9.97 Å². The molecule has 0 saturated carbocycles. The number of hydrogen-bond donors (Lipinski definition) is 0. The first-order chi connectivity index (χ1) is 16.9. The van der Waals surface area contributed by atoms with E-state index in [1.54, 1.807) is 0 Å². The molecule has 0 radical (unpaired) electrons. The minimum absolute atomic E-state index is 0.520. The largest absolute Gasteiger partial charge is 0.379 e. The summed E-state index contributed by atoms with van der Waals surface area (Å²) in [4.78, 5) is 9.21.